The average molecular weight is 296 g/mol. The molecule has 5 heteroatoms. The summed E-state index contributed by atoms with van der Waals surface area (Å²) in [6.45, 7) is 2.68. The fourth-order valence-corrected chi connectivity index (χ4v) is 2.44. The molecule has 0 aromatic heterocycles. The Morgan fingerprint density at radius 1 is 1.53 bits per heavy atom. The van der Waals surface area contributed by atoms with Crippen molar-refractivity contribution in [2.45, 2.75) is 19.4 Å². The number of amidine groups is 1. The van der Waals surface area contributed by atoms with Crippen LogP contribution in [0.2, 0.25) is 0 Å². The topological polar surface area (TPSA) is 56.2 Å². The predicted octanol–water partition coefficient (Wildman–Crippen LogP) is 2.90. The smallest absolute Gasteiger partial charge is 0.310 e. The second-order valence-electron chi connectivity index (χ2n) is 3.99. The van der Waals surface area contributed by atoms with Gasteiger partial charge in [-0.25, -0.2) is 4.79 Å². The Morgan fingerprint density at radius 3 is 2.94 bits per heavy atom. The van der Waals surface area contributed by atoms with Gasteiger partial charge in [0.2, 0.25) is 0 Å². The molecule has 2 amide bonds. The van der Waals surface area contributed by atoms with Crippen LogP contribution in [0.15, 0.2) is 28.7 Å². The highest BCUT2D eigenvalue weighted by Gasteiger charge is 2.35. The summed E-state index contributed by atoms with van der Waals surface area (Å²) in [6, 6.07) is 7.28. The van der Waals surface area contributed by atoms with E-state index in [4.69, 9.17) is 5.41 Å². The van der Waals surface area contributed by atoms with Crippen molar-refractivity contribution in [3.63, 3.8) is 0 Å². The second-order valence-corrected chi connectivity index (χ2v) is 4.91. The molecule has 90 valence electrons. The van der Waals surface area contributed by atoms with Crippen LogP contribution < -0.4 is 5.32 Å². The van der Waals surface area contributed by atoms with E-state index in [1.165, 1.54) is 0 Å². The van der Waals surface area contributed by atoms with Crippen molar-refractivity contribution in [1.29, 1.82) is 5.41 Å². The van der Waals surface area contributed by atoms with Crippen molar-refractivity contribution in [2.24, 2.45) is 0 Å². The molecule has 0 aliphatic carbocycles. The number of urea groups is 1. The maximum atomic E-state index is 11.7. The third kappa shape index (κ3) is 2.34. The van der Waals surface area contributed by atoms with Gasteiger partial charge in [-0.1, -0.05) is 35.0 Å². The Morgan fingerprint density at radius 2 is 2.29 bits per heavy atom. The average Bonchev–Trinajstić information content (AvgIpc) is 2.54. The molecule has 1 saturated heterocycles. The van der Waals surface area contributed by atoms with E-state index < -0.39 is 0 Å². The van der Waals surface area contributed by atoms with Crippen molar-refractivity contribution >= 4 is 27.8 Å². The first-order valence-corrected chi connectivity index (χ1v) is 6.34. The van der Waals surface area contributed by atoms with E-state index in [1.54, 1.807) is 4.90 Å². The maximum absolute atomic E-state index is 11.7. The van der Waals surface area contributed by atoms with E-state index in [9.17, 15) is 4.79 Å². The number of benzene rings is 1. The van der Waals surface area contributed by atoms with Crippen LogP contribution in [0.4, 0.5) is 4.79 Å². The molecule has 1 atom stereocenters. The van der Waals surface area contributed by atoms with Gasteiger partial charge in [-0.3, -0.25) is 10.7 Å². The maximum Gasteiger partial charge on any atom is 0.323 e. The van der Waals surface area contributed by atoms with E-state index in [0.717, 1.165) is 16.5 Å². The second kappa shape index (κ2) is 4.87. The fourth-order valence-electron chi connectivity index (χ4n) is 2.02. The first kappa shape index (κ1) is 12.1. The number of nitrogens with zero attached hydrogens (tertiary/aromatic N) is 1. The SMILES string of the molecule is CCCN1C(=O)NC(=N)C1c1cccc(Br)c1. The van der Waals surface area contributed by atoms with Gasteiger partial charge in [-0.2, -0.15) is 0 Å². The monoisotopic (exact) mass is 295 g/mol. The predicted molar refractivity (Wildman–Crippen MR) is 70.1 cm³/mol. The van der Waals surface area contributed by atoms with Gasteiger partial charge < -0.3 is 4.90 Å². The Labute approximate surface area is 109 Å². The van der Waals surface area contributed by atoms with E-state index in [2.05, 4.69) is 21.2 Å². The summed E-state index contributed by atoms with van der Waals surface area (Å²) >= 11 is 3.41. The minimum Gasteiger partial charge on any atom is -0.310 e. The lowest BCUT2D eigenvalue weighted by molar-refractivity contribution is 0.206. The molecule has 1 aliphatic rings. The number of amides is 2. The number of nitrogens with one attached hydrogen (secondary N) is 2. The van der Waals surface area contributed by atoms with Gasteiger partial charge in [0.1, 0.15) is 11.9 Å². The largest absolute Gasteiger partial charge is 0.323 e. The van der Waals surface area contributed by atoms with Crippen LogP contribution in [-0.2, 0) is 0 Å². The first-order chi connectivity index (χ1) is 8.13. The number of rotatable bonds is 3. The van der Waals surface area contributed by atoms with Gasteiger partial charge in [0.05, 0.1) is 0 Å². The number of hydrogen-bond acceptors (Lipinski definition) is 2. The molecule has 0 radical (unpaired) electrons. The molecule has 1 aromatic carbocycles. The summed E-state index contributed by atoms with van der Waals surface area (Å²) in [5, 5.41) is 10.4. The summed E-state index contributed by atoms with van der Waals surface area (Å²) in [7, 11) is 0. The number of carbonyl (C=O) groups excluding carboxylic acids is 1. The molecule has 0 spiro atoms. The zero-order chi connectivity index (χ0) is 12.4. The van der Waals surface area contributed by atoms with Crippen LogP contribution in [-0.4, -0.2) is 23.3 Å². The molecular formula is C12H14BrN3O. The Kier molecular flexibility index (Phi) is 3.47. The van der Waals surface area contributed by atoms with E-state index >= 15 is 0 Å². The third-order valence-electron chi connectivity index (χ3n) is 2.72. The number of carbonyl (C=O) groups is 1. The lowest BCUT2D eigenvalue weighted by atomic mass is 10.1. The molecule has 0 saturated carbocycles. The Hall–Kier alpha value is -1.36. The quantitative estimate of drug-likeness (QED) is 0.885. The van der Waals surface area contributed by atoms with Crippen molar-refractivity contribution < 1.29 is 4.79 Å². The molecule has 4 nitrogen and oxygen atoms in total. The van der Waals surface area contributed by atoms with Crippen LogP contribution in [0.3, 0.4) is 0 Å². The first-order valence-electron chi connectivity index (χ1n) is 5.55. The van der Waals surface area contributed by atoms with Crippen LogP contribution in [0.25, 0.3) is 0 Å². The van der Waals surface area contributed by atoms with Gasteiger partial charge >= 0.3 is 6.03 Å². The van der Waals surface area contributed by atoms with Crippen LogP contribution in [0, 0.1) is 5.41 Å². The Balaban J connectivity index is 2.34. The minimum atomic E-state index is -0.278. The highest BCUT2D eigenvalue weighted by Crippen LogP contribution is 2.27. The molecule has 1 unspecified atom stereocenters. The van der Waals surface area contributed by atoms with Gasteiger partial charge in [0.25, 0.3) is 0 Å². The molecule has 17 heavy (non-hydrogen) atoms. The summed E-state index contributed by atoms with van der Waals surface area (Å²) in [6.07, 6.45) is 0.880. The van der Waals surface area contributed by atoms with Gasteiger partial charge in [-0.15, -0.1) is 0 Å². The van der Waals surface area contributed by atoms with E-state index in [0.29, 0.717) is 6.54 Å². The minimum absolute atomic E-state index is 0.179. The Bertz CT molecular complexity index is 461. The van der Waals surface area contributed by atoms with Gasteiger partial charge in [-0.05, 0) is 24.1 Å². The van der Waals surface area contributed by atoms with Crippen molar-refractivity contribution in [2.75, 3.05) is 6.54 Å². The third-order valence-corrected chi connectivity index (χ3v) is 3.21. The summed E-state index contributed by atoms with van der Waals surface area (Å²) in [5.41, 5.74) is 0.955. The molecule has 0 bridgehead atoms. The van der Waals surface area contributed by atoms with Crippen LogP contribution in [0.5, 0.6) is 0 Å². The lowest BCUT2D eigenvalue weighted by Gasteiger charge is -2.22. The molecule has 1 aliphatic heterocycles. The summed E-state index contributed by atoms with van der Waals surface area (Å²) in [5.74, 6) is 0.251. The lowest BCUT2D eigenvalue weighted by Crippen LogP contribution is -2.30. The standard InChI is InChI=1S/C12H14BrN3O/c1-2-6-16-10(11(14)15-12(16)17)8-4-3-5-9(13)7-8/h3-5,7,10H,2,6H2,1H3,(H2,14,15,17). The van der Waals surface area contributed by atoms with Gasteiger partial charge in [0.15, 0.2) is 0 Å². The van der Waals surface area contributed by atoms with E-state index in [-0.39, 0.29) is 17.9 Å². The van der Waals surface area contributed by atoms with Crippen molar-refractivity contribution in [3.8, 4) is 0 Å². The van der Waals surface area contributed by atoms with E-state index in [1.807, 2.05) is 31.2 Å². The van der Waals surface area contributed by atoms with Crippen molar-refractivity contribution in [3.05, 3.63) is 34.3 Å². The van der Waals surface area contributed by atoms with Crippen molar-refractivity contribution in [1.82, 2.24) is 10.2 Å². The molecule has 1 heterocycles. The molecule has 1 fully saturated rings. The number of halogens is 1. The normalized spacial score (nSPS) is 19.6. The fraction of sp³-hybridized carbons (Fsp3) is 0.333. The van der Waals surface area contributed by atoms with Gasteiger partial charge in [0, 0.05) is 11.0 Å². The van der Waals surface area contributed by atoms with Crippen LogP contribution >= 0.6 is 15.9 Å². The zero-order valence-corrected chi connectivity index (χ0v) is 11.1. The summed E-state index contributed by atoms with van der Waals surface area (Å²) < 4.78 is 0.957. The van der Waals surface area contributed by atoms with Crippen LogP contribution in [0.1, 0.15) is 24.9 Å². The number of hydrogen-bond donors (Lipinski definition) is 2. The highest BCUT2D eigenvalue weighted by atomic mass is 79.9. The molecule has 1 aromatic rings. The zero-order valence-electron chi connectivity index (χ0n) is 9.53. The highest BCUT2D eigenvalue weighted by molar-refractivity contribution is 9.10. The molecular weight excluding hydrogens is 282 g/mol. The summed E-state index contributed by atoms with van der Waals surface area (Å²) in [4.78, 5) is 13.4. The molecule has 2 N–H and O–H groups in total. The molecule has 2 rings (SSSR count).